The van der Waals surface area contributed by atoms with Crippen LogP contribution in [0.2, 0.25) is 0 Å². The average Bonchev–Trinajstić information content (AvgIpc) is 3.05. The fourth-order valence-electron chi connectivity index (χ4n) is 2.70. The van der Waals surface area contributed by atoms with Crippen LogP contribution in [0.1, 0.15) is 19.8 Å². The molecule has 1 aromatic rings. The monoisotopic (exact) mass is 375 g/mol. The SMILES string of the molecule is CCS(=O)(=O)NCCN(c1ccc(N2CCCC2)cc1)S(C)(=O)=O. The van der Waals surface area contributed by atoms with E-state index in [-0.39, 0.29) is 18.8 Å². The zero-order valence-electron chi connectivity index (χ0n) is 14.1. The molecule has 0 aliphatic carbocycles. The maximum Gasteiger partial charge on any atom is 0.232 e. The van der Waals surface area contributed by atoms with Crippen molar-refractivity contribution in [3.63, 3.8) is 0 Å². The Balaban J connectivity index is 2.10. The Bertz CT molecular complexity index is 739. The summed E-state index contributed by atoms with van der Waals surface area (Å²) in [6.07, 6.45) is 3.47. The van der Waals surface area contributed by atoms with Gasteiger partial charge in [-0.3, -0.25) is 4.31 Å². The number of hydrogen-bond acceptors (Lipinski definition) is 5. The van der Waals surface area contributed by atoms with E-state index in [4.69, 9.17) is 0 Å². The van der Waals surface area contributed by atoms with Crippen molar-refractivity contribution < 1.29 is 16.8 Å². The number of rotatable bonds is 8. The van der Waals surface area contributed by atoms with Crippen LogP contribution in [-0.2, 0) is 20.0 Å². The van der Waals surface area contributed by atoms with Gasteiger partial charge in [-0.15, -0.1) is 0 Å². The van der Waals surface area contributed by atoms with Crippen molar-refractivity contribution in [2.45, 2.75) is 19.8 Å². The average molecular weight is 376 g/mol. The minimum absolute atomic E-state index is 0.0313. The van der Waals surface area contributed by atoms with Crippen LogP contribution in [0.3, 0.4) is 0 Å². The van der Waals surface area contributed by atoms with Gasteiger partial charge in [-0.25, -0.2) is 21.6 Å². The number of nitrogens with one attached hydrogen (secondary N) is 1. The Morgan fingerprint density at radius 3 is 2.17 bits per heavy atom. The van der Waals surface area contributed by atoms with Crippen molar-refractivity contribution in [1.82, 2.24) is 4.72 Å². The topological polar surface area (TPSA) is 86.8 Å². The van der Waals surface area contributed by atoms with Gasteiger partial charge in [-0.2, -0.15) is 0 Å². The molecule has 0 amide bonds. The van der Waals surface area contributed by atoms with Gasteiger partial charge in [-0.05, 0) is 44.0 Å². The highest BCUT2D eigenvalue weighted by molar-refractivity contribution is 7.92. The van der Waals surface area contributed by atoms with E-state index in [9.17, 15) is 16.8 Å². The molecule has 1 saturated heterocycles. The first kappa shape index (κ1) is 19.0. The number of anilines is 2. The largest absolute Gasteiger partial charge is 0.372 e. The van der Waals surface area contributed by atoms with Crippen LogP contribution in [0, 0.1) is 0 Å². The molecule has 1 aliphatic heterocycles. The van der Waals surface area contributed by atoms with Crippen LogP contribution >= 0.6 is 0 Å². The van der Waals surface area contributed by atoms with Gasteiger partial charge in [0.2, 0.25) is 20.0 Å². The Hall–Kier alpha value is -1.32. The van der Waals surface area contributed by atoms with Gasteiger partial charge >= 0.3 is 0 Å². The zero-order valence-corrected chi connectivity index (χ0v) is 15.7. The lowest BCUT2D eigenvalue weighted by atomic mass is 10.2. The molecule has 1 N–H and O–H groups in total. The molecule has 136 valence electrons. The standard InChI is InChI=1S/C15H25N3O4S2/c1-3-24(21,22)16-10-13-18(23(2,19)20)15-8-6-14(7-9-15)17-11-4-5-12-17/h6-9,16H,3-5,10-13H2,1-2H3. The highest BCUT2D eigenvalue weighted by Crippen LogP contribution is 2.24. The summed E-state index contributed by atoms with van der Waals surface area (Å²) in [4.78, 5) is 2.27. The van der Waals surface area contributed by atoms with E-state index < -0.39 is 20.0 Å². The predicted molar refractivity (Wildman–Crippen MR) is 97.5 cm³/mol. The summed E-state index contributed by atoms with van der Waals surface area (Å²) in [5.41, 5.74) is 1.62. The van der Waals surface area contributed by atoms with Gasteiger partial charge in [0.05, 0.1) is 17.7 Å². The maximum atomic E-state index is 12.0. The lowest BCUT2D eigenvalue weighted by molar-refractivity contribution is 0.579. The molecule has 0 saturated carbocycles. The van der Waals surface area contributed by atoms with Crippen LogP contribution in [0.25, 0.3) is 0 Å². The highest BCUT2D eigenvalue weighted by Gasteiger charge is 2.19. The highest BCUT2D eigenvalue weighted by atomic mass is 32.2. The van der Waals surface area contributed by atoms with Crippen molar-refractivity contribution in [2.75, 3.05) is 47.4 Å². The Morgan fingerprint density at radius 1 is 1.08 bits per heavy atom. The van der Waals surface area contributed by atoms with E-state index >= 15 is 0 Å². The molecule has 0 spiro atoms. The minimum atomic E-state index is -3.49. The first-order chi connectivity index (χ1) is 11.2. The third-order valence-electron chi connectivity index (χ3n) is 4.03. The molecular weight excluding hydrogens is 350 g/mol. The Morgan fingerprint density at radius 2 is 1.67 bits per heavy atom. The third-order valence-corrected chi connectivity index (χ3v) is 6.62. The summed E-state index contributed by atoms with van der Waals surface area (Å²) in [5, 5.41) is 0. The van der Waals surface area contributed by atoms with Crippen molar-refractivity contribution in [2.24, 2.45) is 0 Å². The molecule has 7 nitrogen and oxygen atoms in total. The summed E-state index contributed by atoms with van der Waals surface area (Å²) in [7, 11) is -6.83. The first-order valence-corrected chi connectivity index (χ1v) is 11.5. The molecule has 1 aromatic carbocycles. The summed E-state index contributed by atoms with van der Waals surface area (Å²) in [6, 6.07) is 7.36. The number of benzene rings is 1. The molecule has 0 atom stereocenters. The lowest BCUT2D eigenvalue weighted by Crippen LogP contribution is -2.38. The van der Waals surface area contributed by atoms with Gasteiger partial charge in [0.1, 0.15) is 0 Å². The Kier molecular flexibility index (Phi) is 6.11. The second-order valence-corrected chi connectivity index (χ2v) is 9.85. The van der Waals surface area contributed by atoms with E-state index in [0.717, 1.165) is 25.0 Å². The second kappa shape index (κ2) is 7.71. The van der Waals surface area contributed by atoms with Gasteiger partial charge in [0.15, 0.2) is 0 Å². The fourth-order valence-corrected chi connectivity index (χ4v) is 4.23. The Labute approximate surface area is 144 Å². The van der Waals surface area contributed by atoms with Crippen LogP contribution in [0.4, 0.5) is 11.4 Å². The molecule has 24 heavy (non-hydrogen) atoms. The summed E-state index contributed by atoms with van der Waals surface area (Å²) in [5.74, 6) is -0.0313. The molecule has 0 bridgehead atoms. The molecule has 0 aromatic heterocycles. The summed E-state index contributed by atoms with van der Waals surface area (Å²) < 4.78 is 50.6. The number of sulfonamides is 2. The first-order valence-electron chi connectivity index (χ1n) is 8.03. The molecular formula is C15H25N3O4S2. The molecule has 2 rings (SSSR count). The molecule has 1 heterocycles. The molecule has 0 radical (unpaired) electrons. The van der Waals surface area contributed by atoms with Gasteiger partial charge in [0.25, 0.3) is 0 Å². The van der Waals surface area contributed by atoms with Gasteiger partial charge < -0.3 is 4.90 Å². The smallest absolute Gasteiger partial charge is 0.232 e. The van der Waals surface area contributed by atoms with Crippen molar-refractivity contribution >= 4 is 31.4 Å². The van der Waals surface area contributed by atoms with Crippen molar-refractivity contribution in [3.05, 3.63) is 24.3 Å². The number of hydrogen-bond donors (Lipinski definition) is 1. The maximum absolute atomic E-state index is 12.0. The molecule has 1 fully saturated rings. The van der Waals surface area contributed by atoms with Crippen LogP contribution < -0.4 is 13.9 Å². The van der Waals surface area contributed by atoms with E-state index in [1.165, 1.54) is 24.1 Å². The summed E-state index contributed by atoms with van der Waals surface area (Å²) in [6.45, 7) is 3.67. The normalized spacial score (nSPS) is 15.7. The predicted octanol–water partition coefficient (Wildman–Crippen LogP) is 0.992. The lowest BCUT2D eigenvalue weighted by Gasteiger charge is -2.24. The van der Waals surface area contributed by atoms with Crippen LogP contribution in [0.15, 0.2) is 24.3 Å². The minimum Gasteiger partial charge on any atom is -0.372 e. The summed E-state index contributed by atoms with van der Waals surface area (Å²) >= 11 is 0. The van der Waals surface area contributed by atoms with Gasteiger partial charge in [0, 0.05) is 31.9 Å². The zero-order chi connectivity index (χ0) is 17.8. The number of nitrogens with zero attached hydrogens (tertiary/aromatic N) is 2. The van der Waals surface area contributed by atoms with Gasteiger partial charge in [-0.1, -0.05) is 0 Å². The van der Waals surface area contributed by atoms with Crippen LogP contribution in [-0.4, -0.2) is 55.0 Å². The van der Waals surface area contributed by atoms with Crippen molar-refractivity contribution in [1.29, 1.82) is 0 Å². The third kappa shape index (κ3) is 5.09. The van der Waals surface area contributed by atoms with Crippen molar-refractivity contribution in [3.8, 4) is 0 Å². The molecule has 1 aliphatic rings. The van der Waals surface area contributed by atoms with E-state index in [2.05, 4.69) is 9.62 Å². The van der Waals surface area contributed by atoms with E-state index in [0.29, 0.717) is 5.69 Å². The van der Waals surface area contributed by atoms with Crippen LogP contribution in [0.5, 0.6) is 0 Å². The fraction of sp³-hybridized carbons (Fsp3) is 0.600. The van der Waals surface area contributed by atoms with E-state index in [1.54, 1.807) is 12.1 Å². The molecule has 0 unspecified atom stereocenters. The van der Waals surface area contributed by atoms with E-state index in [1.807, 2.05) is 12.1 Å². The second-order valence-electron chi connectivity index (χ2n) is 5.84. The quantitative estimate of drug-likeness (QED) is 0.732. The molecule has 9 heteroatoms.